The molecule has 65 valence electrons. The Labute approximate surface area is 87.6 Å². The second-order valence-corrected chi connectivity index (χ2v) is 4.42. The molecule has 0 fully saturated rings. The molecule has 2 nitrogen and oxygen atoms in total. The van der Waals surface area contributed by atoms with E-state index in [1.54, 1.807) is 0 Å². The van der Waals surface area contributed by atoms with E-state index < -0.39 is 9.87 Å². The van der Waals surface area contributed by atoms with Crippen LogP contribution in [0.5, 0.6) is 0 Å². The maximum absolute atomic E-state index is 12.4. The van der Waals surface area contributed by atoms with Gasteiger partial charge in [0, 0.05) is 0 Å². The molecule has 0 spiro atoms. The highest BCUT2D eigenvalue weighted by molar-refractivity contribution is 6.67. The first-order chi connectivity index (χ1) is 5.41. The molecule has 0 aliphatic rings. The van der Waals surface area contributed by atoms with Gasteiger partial charge in [-0.25, -0.2) is 4.98 Å². The molecule has 0 bridgehead atoms. The highest BCUT2D eigenvalue weighted by Crippen LogP contribution is 2.39. The van der Waals surface area contributed by atoms with Crippen LogP contribution >= 0.6 is 46.4 Å². The van der Waals surface area contributed by atoms with Gasteiger partial charge in [0.1, 0.15) is 11.9 Å². The van der Waals surface area contributed by atoms with E-state index in [0.717, 1.165) is 0 Å². The molecule has 7 heteroatoms. The van der Waals surface area contributed by atoms with Crippen LogP contribution in [0.4, 0.5) is 4.39 Å². The number of hydrogen-bond donors (Lipinski definition) is 0. The van der Waals surface area contributed by atoms with Gasteiger partial charge in [-0.3, -0.25) is 0 Å². The standard InChI is InChI=1S/C5Cl4FN2/c6-2-1-11-4(10)12-3(2)5(7,8)9. The fourth-order valence-corrected chi connectivity index (χ4v) is 1.28. The third kappa shape index (κ3) is 2.33. The predicted octanol–water partition coefficient (Wildman–Crippen LogP) is 2.90. The van der Waals surface area contributed by atoms with Crippen LogP contribution in [-0.2, 0) is 3.79 Å². The molecule has 0 atom stereocenters. The van der Waals surface area contributed by atoms with Crippen LogP contribution < -0.4 is 0 Å². The normalized spacial score (nSPS) is 11.8. The fourth-order valence-electron chi connectivity index (χ4n) is 0.502. The van der Waals surface area contributed by atoms with Crippen LogP contribution in [0.2, 0.25) is 5.02 Å². The van der Waals surface area contributed by atoms with Crippen LogP contribution in [0, 0.1) is 12.3 Å². The van der Waals surface area contributed by atoms with Crippen LogP contribution in [0.3, 0.4) is 0 Å². The Morgan fingerprint density at radius 2 is 1.92 bits per heavy atom. The maximum Gasteiger partial charge on any atom is 0.309 e. The molecule has 0 aromatic carbocycles. The zero-order chi connectivity index (χ0) is 9.35. The number of aromatic nitrogens is 2. The molecule has 0 aliphatic heterocycles. The lowest BCUT2D eigenvalue weighted by Gasteiger charge is -2.10. The molecule has 1 aromatic heterocycles. The summed E-state index contributed by atoms with van der Waals surface area (Å²) in [5, 5.41) is -0.114. The Morgan fingerprint density at radius 1 is 1.33 bits per heavy atom. The van der Waals surface area contributed by atoms with E-state index >= 15 is 0 Å². The Morgan fingerprint density at radius 3 is 2.33 bits per heavy atom. The van der Waals surface area contributed by atoms with Crippen molar-refractivity contribution in [2.75, 3.05) is 0 Å². The van der Waals surface area contributed by atoms with Gasteiger partial charge in [0.05, 0.1) is 5.02 Å². The Balaban J connectivity index is 3.23. The Hall–Kier alpha value is 0.170. The van der Waals surface area contributed by atoms with Gasteiger partial charge in [-0.05, 0) is 0 Å². The molecule has 1 rings (SSSR count). The summed E-state index contributed by atoms with van der Waals surface area (Å²) in [4.78, 5) is 6.25. The zero-order valence-corrected chi connectivity index (χ0v) is 8.31. The minimum Gasteiger partial charge on any atom is -0.201 e. The van der Waals surface area contributed by atoms with Gasteiger partial charge in [0.25, 0.3) is 0 Å². The van der Waals surface area contributed by atoms with E-state index in [9.17, 15) is 4.39 Å². The van der Waals surface area contributed by atoms with Crippen LogP contribution in [-0.4, -0.2) is 9.97 Å². The summed E-state index contributed by atoms with van der Waals surface area (Å²) >= 11 is 21.7. The summed E-state index contributed by atoms with van der Waals surface area (Å²) in [6, 6.07) is 0. The number of hydrogen-bond acceptors (Lipinski definition) is 2. The molecule has 0 N–H and O–H groups in total. The second kappa shape index (κ2) is 3.50. The van der Waals surface area contributed by atoms with Crippen molar-refractivity contribution in [3.8, 4) is 0 Å². The maximum atomic E-state index is 12.4. The highest BCUT2D eigenvalue weighted by atomic mass is 35.6. The summed E-state index contributed by atoms with van der Waals surface area (Å²) < 4.78 is 10.5. The average Bonchev–Trinajstić information content (AvgIpc) is 1.92. The van der Waals surface area contributed by atoms with Crippen molar-refractivity contribution in [1.29, 1.82) is 0 Å². The van der Waals surface area contributed by atoms with Gasteiger partial charge in [-0.15, -0.1) is 0 Å². The molecule has 0 amide bonds. The minimum absolute atomic E-state index is 0.114. The number of alkyl halides is 3. The summed E-state index contributed by atoms with van der Waals surface area (Å²) in [5.74, 6) is 0. The van der Waals surface area contributed by atoms with E-state index in [-0.39, 0.29) is 10.7 Å². The molecule has 0 saturated carbocycles. The van der Waals surface area contributed by atoms with E-state index in [1.807, 2.05) is 0 Å². The summed E-state index contributed by atoms with van der Waals surface area (Å²) in [6.07, 6.45) is 1.06. The molecular formula is C5Cl4FN2. The van der Waals surface area contributed by atoms with Gasteiger partial charge in [0.15, 0.2) is 0 Å². The van der Waals surface area contributed by atoms with Crippen molar-refractivity contribution in [3.63, 3.8) is 0 Å². The van der Waals surface area contributed by atoms with Crippen LogP contribution in [0.25, 0.3) is 0 Å². The smallest absolute Gasteiger partial charge is 0.201 e. The van der Waals surface area contributed by atoms with Gasteiger partial charge >= 0.3 is 6.08 Å². The first-order valence-corrected chi connectivity index (χ1v) is 4.10. The molecule has 0 saturated heterocycles. The SMILES string of the molecule is Fc1n[c]c(Cl)c(C(Cl)(Cl)Cl)n1. The average molecular weight is 249 g/mol. The molecule has 1 aromatic rings. The van der Waals surface area contributed by atoms with Crippen molar-refractivity contribution in [3.05, 3.63) is 23.0 Å². The molecule has 1 heterocycles. The fraction of sp³-hybridized carbons (Fsp3) is 0.200. The number of halogens is 5. The lowest BCUT2D eigenvalue weighted by molar-refractivity contribution is 0.532. The predicted molar refractivity (Wildman–Crippen MR) is 45.1 cm³/mol. The van der Waals surface area contributed by atoms with Crippen molar-refractivity contribution in [2.24, 2.45) is 0 Å². The van der Waals surface area contributed by atoms with Gasteiger partial charge in [-0.2, -0.15) is 9.37 Å². The second-order valence-electron chi connectivity index (χ2n) is 1.76. The van der Waals surface area contributed by atoms with Gasteiger partial charge < -0.3 is 0 Å². The van der Waals surface area contributed by atoms with E-state index in [1.165, 1.54) is 0 Å². The number of rotatable bonds is 0. The van der Waals surface area contributed by atoms with Crippen molar-refractivity contribution in [1.82, 2.24) is 9.97 Å². The quantitative estimate of drug-likeness (QED) is 0.521. The summed E-state index contributed by atoms with van der Waals surface area (Å²) in [5.41, 5.74) is -0.221. The zero-order valence-electron chi connectivity index (χ0n) is 5.28. The van der Waals surface area contributed by atoms with Crippen molar-refractivity contribution < 1.29 is 4.39 Å². The molecular weight excluding hydrogens is 249 g/mol. The molecule has 0 unspecified atom stereocenters. The first kappa shape index (κ1) is 10.3. The van der Waals surface area contributed by atoms with Crippen molar-refractivity contribution >= 4 is 46.4 Å². The van der Waals surface area contributed by atoms with Gasteiger partial charge in [0.2, 0.25) is 3.79 Å². The molecule has 0 aliphatic carbocycles. The van der Waals surface area contributed by atoms with Crippen LogP contribution in [0.15, 0.2) is 0 Å². The first-order valence-electron chi connectivity index (χ1n) is 2.59. The Kier molecular flexibility index (Phi) is 2.99. The van der Waals surface area contributed by atoms with Gasteiger partial charge in [-0.1, -0.05) is 46.4 Å². The van der Waals surface area contributed by atoms with E-state index in [0.29, 0.717) is 0 Å². The third-order valence-electron chi connectivity index (χ3n) is 0.927. The molecule has 12 heavy (non-hydrogen) atoms. The number of nitrogens with zero attached hydrogens (tertiary/aromatic N) is 2. The lowest BCUT2D eigenvalue weighted by atomic mass is 10.4. The third-order valence-corrected chi connectivity index (χ3v) is 1.73. The Bertz CT molecular complexity index is 298. The highest BCUT2D eigenvalue weighted by Gasteiger charge is 2.28. The summed E-state index contributed by atoms with van der Waals surface area (Å²) in [6.45, 7) is 0. The van der Waals surface area contributed by atoms with Crippen LogP contribution in [0.1, 0.15) is 5.69 Å². The summed E-state index contributed by atoms with van der Waals surface area (Å²) in [7, 11) is 0. The van der Waals surface area contributed by atoms with Crippen molar-refractivity contribution in [2.45, 2.75) is 3.79 Å². The monoisotopic (exact) mass is 247 g/mol. The largest absolute Gasteiger partial charge is 0.309 e. The molecule has 1 radical (unpaired) electrons. The van der Waals surface area contributed by atoms with E-state index in [2.05, 4.69) is 16.2 Å². The van der Waals surface area contributed by atoms with E-state index in [4.69, 9.17) is 46.4 Å². The topological polar surface area (TPSA) is 25.8 Å². The lowest BCUT2D eigenvalue weighted by Crippen LogP contribution is -2.07. The minimum atomic E-state index is -1.86.